The number of carbonyl (C=O) groups excluding carboxylic acids is 1. The van der Waals surface area contributed by atoms with E-state index in [2.05, 4.69) is 10.2 Å². The molecule has 3 aromatic rings. The van der Waals surface area contributed by atoms with Crippen molar-refractivity contribution in [1.82, 2.24) is 14.8 Å². The Balaban J connectivity index is 1.79. The molecule has 1 saturated carbocycles. The number of benzene rings is 2. The van der Waals surface area contributed by atoms with Gasteiger partial charge in [-0.05, 0) is 42.8 Å². The van der Waals surface area contributed by atoms with Crippen LogP contribution in [0.3, 0.4) is 0 Å². The van der Waals surface area contributed by atoms with E-state index in [-0.39, 0.29) is 16.9 Å². The van der Waals surface area contributed by atoms with Gasteiger partial charge in [0.05, 0.1) is 12.8 Å². The topological polar surface area (TPSA) is 57.0 Å². The molecule has 0 bridgehead atoms. The van der Waals surface area contributed by atoms with Gasteiger partial charge in [-0.1, -0.05) is 23.9 Å². The molecule has 1 aliphatic carbocycles. The van der Waals surface area contributed by atoms with Crippen LogP contribution in [0.4, 0.5) is 4.39 Å². The van der Waals surface area contributed by atoms with E-state index in [9.17, 15) is 9.18 Å². The van der Waals surface area contributed by atoms with Crippen LogP contribution in [0.25, 0.3) is 17.1 Å². The van der Waals surface area contributed by atoms with Gasteiger partial charge < -0.3 is 4.74 Å². The maximum atomic E-state index is 14.6. The van der Waals surface area contributed by atoms with Crippen molar-refractivity contribution in [2.75, 3.05) is 7.11 Å². The first-order valence-corrected chi connectivity index (χ1v) is 9.57. The first-order chi connectivity index (χ1) is 13.2. The monoisotopic (exact) mass is 383 g/mol. The Bertz CT molecular complexity index is 972. The van der Waals surface area contributed by atoms with Gasteiger partial charge in [0, 0.05) is 23.7 Å². The number of carbonyl (C=O) groups is 1. The maximum Gasteiger partial charge on any atom is 0.196 e. The highest BCUT2D eigenvalue weighted by atomic mass is 32.2. The summed E-state index contributed by atoms with van der Waals surface area (Å²) in [7, 11) is 1.61. The fourth-order valence-corrected chi connectivity index (χ4v) is 4.33. The van der Waals surface area contributed by atoms with E-state index in [4.69, 9.17) is 4.74 Å². The van der Waals surface area contributed by atoms with E-state index in [0.717, 1.165) is 17.7 Å². The molecule has 4 rings (SSSR count). The van der Waals surface area contributed by atoms with E-state index >= 15 is 0 Å². The lowest BCUT2D eigenvalue weighted by atomic mass is 10.2. The first kappa shape index (κ1) is 17.7. The van der Waals surface area contributed by atoms with E-state index in [0.29, 0.717) is 29.5 Å². The van der Waals surface area contributed by atoms with Crippen LogP contribution in [-0.4, -0.2) is 32.9 Å². The molecule has 138 valence electrons. The Labute approximate surface area is 160 Å². The van der Waals surface area contributed by atoms with Crippen LogP contribution >= 0.6 is 11.8 Å². The van der Waals surface area contributed by atoms with Crippen LogP contribution in [0, 0.1) is 5.82 Å². The van der Waals surface area contributed by atoms with Gasteiger partial charge in [-0.3, -0.25) is 9.36 Å². The van der Waals surface area contributed by atoms with E-state index in [1.165, 1.54) is 17.8 Å². The zero-order valence-corrected chi connectivity index (χ0v) is 15.6. The summed E-state index contributed by atoms with van der Waals surface area (Å²) >= 11 is 1.49. The Morgan fingerprint density at radius 2 is 1.93 bits per heavy atom. The summed E-state index contributed by atoms with van der Waals surface area (Å²) < 4.78 is 21.5. The minimum atomic E-state index is -0.351. The molecule has 1 aliphatic rings. The Hall–Kier alpha value is -2.67. The number of para-hydroxylation sites is 1. The van der Waals surface area contributed by atoms with Crippen molar-refractivity contribution in [3.63, 3.8) is 0 Å². The fraction of sp³-hybridized carbons (Fsp3) is 0.250. The van der Waals surface area contributed by atoms with E-state index < -0.39 is 0 Å². The molecule has 0 amide bonds. The molecule has 0 saturated heterocycles. The second-order valence-electron chi connectivity index (χ2n) is 6.34. The molecule has 0 radical (unpaired) electrons. The SMILES string of the molecule is COc1ccc(-c2nnc(S[C@H]3CCC(=O)C3)n2-c2ccccc2F)cc1. The first-order valence-electron chi connectivity index (χ1n) is 8.69. The molecule has 1 heterocycles. The standard InChI is InChI=1S/C20H18FN3O2S/c1-26-15-9-6-13(7-10-15)19-22-23-20(27-16-11-8-14(25)12-16)24(19)18-5-3-2-4-17(18)21/h2-7,9-10,16H,8,11-12H2,1H3/t16-/m0/s1. The number of hydrogen-bond acceptors (Lipinski definition) is 5. The smallest absolute Gasteiger partial charge is 0.196 e. The van der Waals surface area contributed by atoms with Crippen molar-refractivity contribution in [2.24, 2.45) is 0 Å². The van der Waals surface area contributed by atoms with Gasteiger partial charge in [-0.2, -0.15) is 0 Å². The number of halogens is 1. The highest BCUT2D eigenvalue weighted by molar-refractivity contribution is 7.99. The van der Waals surface area contributed by atoms with Crippen molar-refractivity contribution in [3.8, 4) is 22.8 Å². The van der Waals surface area contributed by atoms with Crippen LogP contribution in [0.1, 0.15) is 19.3 Å². The lowest BCUT2D eigenvalue weighted by Gasteiger charge is -2.13. The van der Waals surface area contributed by atoms with Gasteiger partial charge in [-0.25, -0.2) is 4.39 Å². The molecule has 1 atom stereocenters. The summed E-state index contributed by atoms with van der Waals surface area (Å²) in [5.74, 6) is 1.19. The highest BCUT2D eigenvalue weighted by Gasteiger charge is 2.27. The normalized spacial score (nSPS) is 16.7. The maximum absolute atomic E-state index is 14.6. The number of hydrogen-bond donors (Lipinski definition) is 0. The Kier molecular flexibility index (Phi) is 4.94. The number of nitrogens with zero attached hydrogens (tertiary/aromatic N) is 3. The van der Waals surface area contributed by atoms with Gasteiger partial charge in [0.15, 0.2) is 11.0 Å². The van der Waals surface area contributed by atoms with Gasteiger partial charge in [0.25, 0.3) is 0 Å². The summed E-state index contributed by atoms with van der Waals surface area (Å²) in [6, 6.07) is 14.0. The molecule has 0 N–H and O–H groups in total. The Morgan fingerprint density at radius 1 is 1.15 bits per heavy atom. The van der Waals surface area contributed by atoms with Crippen molar-refractivity contribution in [2.45, 2.75) is 29.7 Å². The predicted molar refractivity (Wildman–Crippen MR) is 102 cm³/mol. The molecule has 2 aromatic carbocycles. The number of thioether (sulfide) groups is 1. The molecule has 1 aromatic heterocycles. The third kappa shape index (κ3) is 3.60. The van der Waals surface area contributed by atoms with Crippen LogP contribution in [0.2, 0.25) is 0 Å². The summed E-state index contributed by atoms with van der Waals surface area (Å²) in [6.07, 6.45) is 1.93. The molecule has 1 fully saturated rings. The summed E-state index contributed by atoms with van der Waals surface area (Å²) in [5, 5.41) is 9.37. The molecule has 0 unspecified atom stereocenters. The fourth-order valence-electron chi connectivity index (χ4n) is 3.15. The van der Waals surface area contributed by atoms with E-state index in [1.807, 2.05) is 24.3 Å². The third-order valence-corrected chi connectivity index (χ3v) is 5.76. The van der Waals surface area contributed by atoms with Crippen molar-refractivity contribution < 1.29 is 13.9 Å². The van der Waals surface area contributed by atoms with Gasteiger partial charge in [-0.15, -0.1) is 10.2 Å². The molecule has 0 aliphatic heterocycles. The Morgan fingerprint density at radius 3 is 2.59 bits per heavy atom. The number of rotatable bonds is 5. The lowest BCUT2D eigenvalue weighted by Crippen LogP contribution is -2.05. The summed E-state index contributed by atoms with van der Waals surface area (Å²) in [6.45, 7) is 0. The zero-order valence-electron chi connectivity index (χ0n) is 14.8. The van der Waals surface area contributed by atoms with Crippen molar-refractivity contribution >= 4 is 17.5 Å². The average Bonchev–Trinajstić information content (AvgIpc) is 3.29. The van der Waals surface area contributed by atoms with Gasteiger partial charge >= 0.3 is 0 Å². The second kappa shape index (κ2) is 7.52. The number of methoxy groups -OCH3 is 1. The molecular weight excluding hydrogens is 365 g/mol. The number of ketones is 1. The number of aromatic nitrogens is 3. The molecule has 7 heteroatoms. The summed E-state index contributed by atoms with van der Waals surface area (Å²) in [4.78, 5) is 11.6. The quantitative estimate of drug-likeness (QED) is 0.658. The minimum absolute atomic E-state index is 0.149. The zero-order chi connectivity index (χ0) is 18.8. The average molecular weight is 383 g/mol. The van der Waals surface area contributed by atoms with Crippen molar-refractivity contribution in [1.29, 1.82) is 0 Å². The second-order valence-corrected chi connectivity index (χ2v) is 7.61. The molecule has 27 heavy (non-hydrogen) atoms. The number of ether oxygens (including phenoxy) is 1. The summed E-state index contributed by atoms with van der Waals surface area (Å²) in [5.41, 5.74) is 1.20. The van der Waals surface area contributed by atoms with Crippen molar-refractivity contribution in [3.05, 3.63) is 54.3 Å². The van der Waals surface area contributed by atoms with Crippen LogP contribution < -0.4 is 4.74 Å². The lowest BCUT2D eigenvalue weighted by molar-refractivity contribution is -0.117. The van der Waals surface area contributed by atoms with Crippen LogP contribution in [0.15, 0.2) is 53.7 Å². The largest absolute Gasteiger partial charge is 0.497 e. The van der Waals surface area contributed by atoms with Crippen LogP contribution in [0.5, 0.6) is 5.75 Å². The predicted octanol–water partition coefficient (Wildman–Crippen LogP) is 4.30. The highest BCUT2D eigenvalue weighted by Crippen LogP contribution is 2.36. The minimum Gasteiger partial charge on any atom is -0.497 e. The molecule has 5 nitrogen and oxygen atoms in total. The van der Waals surface area contributed by atoms with Crippen LogP contribution in [-0.2, 0) is 4.79 Å². The van der Waals surface area contributed by atoms with Gasteiger partial charge in [0.1, 0.15) is 17.3 Å². The van der Waals surface area contributed by atoms with E-state index in [1.54, 1.807) is 29.9 Å². The van der Waals surface area contributed by atoms with Gasteiger partial charge in [0.2, 0.25) is 0 Å². The molecular formula is C20H18FN3O2S. The third-order valence-electron chi connectivity index (χ3n) is 4.55. The number of Topliss-reactive ketones (excluding diaryl/α,β-unsaturated/α-hetero) is 1. The molecule has 0 spiro atoms.